The normalized spacial score (nSPS) is 16.0. The molecule has 1 aliphatic heterocycles. The van der Waals surface area contributed by atoms with Crippen molar-refractivity contribution in [2.24, 2.45) is 18.7 Å². The Bertz CT molecular complexity index is 687. The SMILES string of the molecule is Cc1nn(C)cc1-c1ccnc(N2CCC(C(N)=O)CC2)n1. The Kier molecular flexibility index (Phi) is 3.79. The highest BCUT2D eigenvalue weighted by atomic mass is 16.1. The van der Waals surface area contributed by atoms with E-state index in [9.17, 15) is 4.79 Å². The third-order valence-corrected chi connectivity index (χ3v) is 4.11. The Hall–Kier alpha value is -2.44. The molecule has 3 rings (SSSR count). The highest BCUT2D eigenvalue weighted by Gasteiger charge is 2.24. The van der Waals surface area contributed by atoms with Gasteiger partial charge in [-0.25, -0.2) is 9.97 Å². The first-order chi connectivity index (χ1) is 10.5. The van der Waals surface area contributed by atoms with Gasteiger partial charge in [-0.3, -0.25) is 9.48 Å². The van der Waals surface area contributed by atoms with E-state index in [4.69, 9.17) is 5.73 Å². The van der Waals surface area contributed by atoms with Crippen LogP contribution < -0.4 is 10.6 Å². The van der Waals surface area contributed by atoms with Gasteiger partial charge in [0.25, 0.3) is 0 Å². The van der Waals surface area contributed by atoms with Crippen molar-refractivity contribution in [3.63, 3.8) is 0 Å². The van der Waals surface area contributed by atoms with Gasteiger partial charge in [0, 0.05) is 44.0 Å². The molecule has 116 valence electrons. The van der Waals surface area contributed by atoms with Gasteiger partial charge in [-0.15, -0.1) is 0 Å². The van der Waals surface area contributed by atoms with Crippen LogP contribution in [0.3, 0.4) is 0 Å². The molecule has 1 saturated heterocycles. The quantitative estimate of drug-likeness (QED) is 0.909. The number of primary amides is 1. The molecule has 2 aromatic rings. The van der Waals surface area contributed by atoms with E-state index >= 15 is 0 Å². The topological polar surface area (TPSA) is 89.9 Å². The summed E-state index contributed by atoms with van der Waals surface area (Å²) in [5, 5.41) is 4.35. The molecule has 0 aliphatic carbocycles. The van der Waals surface area contributed by atoms with Crippen molar-refractivity contribution < 1.29 is 4.79 Å². The summed E-state index contributed by atoms with van der Waals surface area (Å²) < 4.78 is 1.78. The van der Waals surface area contributed by atoms with Crippen molar-refractivity contribution in [1.29, 1.82) is 0 Å². The van der Waals surface area contributed by atoms with Crippen LogP contribution in [0.2, 0.25) is 0 Å². The van der Waals surface area contributed by atoms with Gasteiger partial charge >= 0.3 is 0 Å². The van der Waals surface area contributed by atoms with Crippen LogP contribution in [0.4, 0.5) is 5.95 Å². The fraction of sp³-hybridized carbons (Fsp3) is 0.467. The summed E-state index contributed by atoms with van der Waals surface area (Å²) >= 11 is 0. The lowest BCUT2D eigenvalue weighted by Crippen LogP contribution is -2.39. The Morgan fingerprint density at radius 2 is 2.09 bits per heavy atom. The van der Waals surface area contributed by atoms with Crippen molar-refractivity contribution in [3.05, 3.63) is 24.2 Å². The molecule has 1 fully saturated rings. The number of amides is 1. The van der Waals surface area contributed by atoms with Gasteiger partial charge in [0.1, 0.15) is 0 Å². The maximum absolute atomic E-state index is 11.2. The number of nitrogens with two attached hydrogens (primary N) is 1. The van der Waals surface area contributed by atoms with Crippen molar-refractivity contribution in [2.45, 2.75) is 19.8 Å². The summed E-state index contributed by atoms with van der Waals surface area (Å²) in [7, 11) is 1.90. The van der Waals surface area contributed by atoms with Gasteiger partial charge in [-0.05, 0) is 25.8 Å². The summed E-state index contributed by atoms with van der Waals surface area (Å²) in [6, 6.07) is 1.89. The summed E-state index contributed by atoms with van der Waals surface area (Å²) in [5.41, 5.74) is 8.20. The zero-order valence-corrected chi connectivity index (χ0v) is 12.9. The second kappa shape index (κ2) is 5.75. The lowest BCUT2D eigenvalue weighted by atomic mass is 9.96. The molecule has 0 atom stereocenters. The molecule has 0 aromatic carbocycles. The van der Waals surface area contributed by atoms with Crippen LogP contribution >= 0.6 is 0 Å². The van der Waals surface area contributed by atoms with Gasteiger partial charge in [0.05, 0.1) is 11.4 Å². The van der Waals surface area contributed by atoms with E-state index in [-0.39, 0.29) is 11.8 Å². The van der Waals surface area contributed by atoms with Gasteiger partial charge in [0.2, 0.25) is 11.9 Å². The van der Waals surface area contributed by atoms with E-state index in [0.717, 1.165) is 42.9 Å². The fourth-order valence-corrected chi connectivity index (χ4v) is 2.87. The third kappa shape index (κ3) is 2.79. The summed E-state index contributed by atoms with van der Waals surface area (Å²) in [5.74, 6) is 0.462. The molecule has 1 aliphatic rings. The maximum Gasteiger partial charge on any atom is 0.225 e. The van der Waals surface area contributed by atoms with Crippen molar-refractivity contribution in [2.75, 3.05) is 18.0 Å². The highest BCUT2D eigenvalue weighted by Crippen LogP contribution is 2.24. The fourth-order valence-electron chi connectivity index (χ4n) is 2.87. The van der Waals surface area contributed by atoms with E-state index in [1.54, 1.807) is 10.9 Å². The second-order valence-corrected chi connectivity index (χ2v) is 5.71. The lowest BCUT2D eigenvalue weighted by molar-refractivity contribution is -0.122. The molecule has 1 amide bonds. The van der Waals surface area contributed by atoms with Crippen LogP contribution in [0.15, 0.2) is 18.5 Å². The van der Waals surface area contributed by atoms with Crippen LogP contribution in [0.25, 0.3) is 11.3 Å². The van der Waals surface area contributed by atoms with E-state index in [1.807, 2.05) is 26.2 Å². The largest absolute Gasteiger partial charge is 0.369 e. The number of aryl methyl sites for hydroxylation is 2. The highest BCUT2D eigenvalue weighted by molar-refractivity contribution is 5.77. The molecule has 2 N–H and O–H groups in total. The van der Waals surface area contributed by atoms with E-state index in [2.05, 4.69) is 20.0 Å². The number of carbonyl (C=O) groups excluding carboxylic acids is 1. The number of nitrogens with zero attached hydrogens (tertiary/aromatic N) is 5. The Morgan fingerprint density at radius 3 is 2.68 bits per heavy atom. The van der Waals surface area contributed by atoms with Crippen molar-refractivity contribution in [3.8, 4) is 11.3 Å². The minimum atomic E-state index is -0.208. The number of carbonyl (C=O) groups is 1. The van der Waals surface area contributed by atoms with Gasteiger partial charge in [-0.1, -0.05) is 0 Å². The van der Waals surface area contributed by atoms with Gasteiger partial charge < -0.3 is 10.6 Å². The molecule has 0 spiro atoms. The molecule has 0 bridgehead atoms. The molecule has 2 aromatic heterocycles. The number of rotatable bonds is 3. The zero-order chi connectivity index (χ0) is 15.7. The standard InChI is InChI=1S/C15H20N6O/c1-10-12(9-20(2)19-10)13-3-6-17-15(18-13)21-7-4-11(5-8-21)14(16)22/h3,6,9,11H,4-5,7-8H2,1-2H3,(H2,16,22). The Morgan fingerprint density at radius 1 is 1.36 bits per heavy atom. The first kappa shape index (κ1) is 14.5. The number of aromatic nitrogens is 4. The van der Waals surface area contributed by atoms with Crippen molar-refractivity contribution >= 4 is 11.9 Å². The minimum Gasteiger partial charge on any atom is -0.369 e. The zero-order valence-electron chi connectivity index (χ0n) is 12.9. The van der Waals surface area contributed by atoms with Crippen LogP contribution in [0.1, 0.15) is 18.5 Å². The monoisotopic (exact) mass is 300 g/mol. The second-order valence-electron chi connectivity index (χ2n) is 5.71. The van der Waals surface area contributed by atoms with Crippen LogP contribution in [0, 0.1) is 12.8 Å². The molecule has 0 unspecified atom stereocenters. The predicted molar refractivity (Wildman–Crippen MR) is 83.1 cm³/mol. The number of anilines is 1. The summed E-state index contributed by atoms with van der Waals surface area (Å²) in [4.78, 5) is 22.4. The average Bonchev–Trinajstić information content (AvgIpc) is 2.86. The van der Waals surface area contributed by atoms with Gasteiger partial charge in [0.15, 0.2) is 0 Å². The average molecular weight is 300 g/mol. The van der Waals surface area contributed by atoms with Crippen molar-refractivity contribution in [1.82, 2.24) is 19.7 Å². The van der Waals surface area contributed by atoms with E-state index < -0.39 is 0 Å². The molecular formula is C15H20N6O. The van der Waals surface area contributed by atoms with Gasteiger partial charge in [-0.2, -0.15) is 5.10 Å². The van der Waals surface area contributed by atoms with Crippen LogP contribution in [-0.4, -0.2) is 38.7 Å². The Balaban J connectivity index is 1.80. The van der Waals surface area contributed by atoms with E-state index in [0.29, 0.717) is 5.95 Å². The number of piperidine rings is 1. The Labute approximate surface area is 129 Å². The molecule has 22 heavy (non-hydrogen) atoms. The molecule has 0 saturated carbocycles. The minimum absolute atomic E-state index is 0.0278. The molecule has 3 heterocycles. The number of hydrogen-bond donors (Lipinski definition) is 1. The molecule has 7 nitrogen and oxygen atoms in total. The first-order valence-electron chi connectivity index (χ1n) is 7.42. The van der Waals surface area contributed by atoms with Crippen LogP contribution in [-0.2, 0) is 11.8 Å². The summed E-state index contributed by atoms with van der Waals surface area (Å²) in [6.45, 7) is 3.47. The predicted octanol–water partition coefficient (Wildman–Crippen LogP) is 0.887. The third-order valence-electron chi connectivity index (χ3n) is 4.11. The smallest absolute Gasteiger partial charge is 0.225 e. The molecule has 0 radical (unpaired) electrons. The molecule has 7 heteroatoms. The first-order valence-corrected chi connectivity index (χ1v) is 7.42. The van der Waals surface area contributed by atoms with E-state index in [1.165, 1.54) is 0 Å². The summed E-state index contributed by atoms with van der Waals surface area (Å²) in [6.07, 6.45) is 5.24. The van der Waals surface area contributed by atoms with Crippen LogP contribution in [0.5, 0.6) is 0 Å². The number of hydrogen-bond acceptors (Lipinski definition) is 5. The maximum atomic E-state index is 11.2. The lowest BCUT2D eigenvalue weighted by Gasteiger charge is -2.30. The molecular weight excluding hydrogens is 280 g/mol.